The molecular formula is C15H21NO3. The lowest BCUT2D eigenvalue weighted by atomic mass is 9.89. The number of aromatic hydroxyl groups is 1. The number of hydrogen-bond donors (Lipinski definition) is 3. The van der Waals surface area contributed by atoms with Crippen molar-refractivity contribution in [1.82, 2.24) is 5.32 Å². The molecule has 0 aliphatic heterocycles. The van der Waals surface area contributed by atoms with Crippen molar-refractivity contribution in [3.05, 3.63) is 35.9 Å². The Morgan fingerprint density at radius 2 is 2.11 bits per heavy atom. The average Bonchev–Trinajstić information content (AvgIpc) is 2.32. The molecule has 0 saturated carbocycles. The summed E-state index contributed by atoms with van der Waals surface area (Å²) in [5.74, 6) is -0.114. The van der Waals surface area contributed by atoms with Gasteiger partial charge < -0.3 is 15.5 Å². The highest BCUT2D eigenvalue weighted by Crippen LogP contribution is 2.18. The smallest absolute Gasteiger partial charge is 0.244 e. The van der Waals surface area contributed by atoms with Crippen LogP contribution in [0.5, 0.6) is 5.75 Å². The van der Waals surface area contributed by atoms with Gasteiger partial charge in [-0.15, -0.1) is 0 Å². The van der Waals surface area contributed by atoms with Crippen LogP contribution in [0.4, 0.5) is 0 Å². The van der Waals surface area contributed by atoms with Crippen LogP contribution in [0, 0.1) is 5.41 Å². The Bertz CT molecular complexity index is 461. The molecule has 0 heterocycles. The Kier molecular flexibility index (Phi) is 5.12. The molecule has 4 heteroatoms. The Hall–Kier alpha value is -1.81. The van der Waals surface area contributed by atoms with Gasteiger partial charge in [-0.3, -0.25) is 4.79 Å². The van der Waals surface area contributed by atoms with Crippen LogP contribution in [0.3, 0.4) is 0 Å². The first-order chi connectivity index (χ1) is 8.79. The number of phenols is 1. The number of hydrogen-bond acceptors (Lipinski definition) is 3. The largest absolute Gasteiger partial charge is 0.508 e. The number of rotatable bonds is 4. The summed E-state index contributed by atoms with van der Waals surface area (Å²) in [7, 11) is 0. The number of amides is 1. The molecule has 4 nitrogen and oxygen atoms in total. The fraction of sp³-hybridized carbons (Fsp3) is 0.400. The maximum absolute atomic E-state index is 11.6. The van der Waals surface area contributed by atoms with Gasteiger partial charge in [-0.1, -0.05) is 32.9 Å². The first-order valence-electron chi connectivity index (χ1n) is 6.22. The number of benzene rings is 1. The summed E-state index contributed by atoms with van der Waals surface area (Å²) in [6.45, 7) is 5.94. The molecule has 0 radical (unpaired) electrons. The fourth-order valence-electron chi connectivity index (χ4n) is 1.36. The molecule has 19 heavy (non-hydrogen) atoms. The van der Waals surface area contributed by atoms with Crippen LogP contribution in [0.1, 0.15) is 26.3 Å². The molecule has 0 unspecified atom stereocenters. The van der Waals surface area contributed by atoms with Crippen molar-refractivity contribution < 1.29 is 15.0 Å². The van der Waals surface area contributed by atoms with Gasteiger partial charge in [0, 0.05) is 12.6 Å². The third-order valence-corrected chi connectivity index (χ3v) is 2.77. The summed E-state index contributed by atoms with van der Waals surface area (Å²) in [5.41, 5.74) is 0.480. The minimum absolute atomic E-state index is 0.158. The third-order valence-electron chi connectivity index (χ3n) is 2.77. The molecule has 0 bridgehead atoms. The average molecular weight is 263 g/mol. The summed E-state index contributed by atoms with van der Waals surface area (Å²) >= 11 is 0. The number of aliphatic hydroxyl groups excluding tert-OH is 1. The van der Waals surface area contributed by atoms with Crippen molar-refractivity contribution >= 4 is 12.0 Å². The molecular weight excluding hydrogens is 242 g/mol. The van der Waals surface area contributed by atoms with Crippen LogP contribution in [-0.2, 0) is 4.79 Å². The topological polar surface area (TPSA) is 69.6 Å². The summed E-state index contributed by atoms with van der Waals surface area (Å²) in [5, 5.41) is 21.7. The molecule has 3 N–H and O–H groups in total. The van der Waals surface area contributed by atoms with Crippen molar-refractivity contribution in [2.45, 2.75) is 26.9 Å². The van der Waals surface area contributed by atoms with E-state index in [4.69, 9.17) is 0 Å². The number of phenolic OH excluding ortho intramolecular Hbond substituents is 1. The van der Waals surface area contributed by atoms with Crippen molar-refractivity contribution in [2.75, 3.05) is 6.54 Å². The highest BCUT2D eigenvalue weighted by Gasteiger charge is 2.21. The van der Waals surface area contributed by atoms with Crippen molar-refractivity contribution in [1.29, 1.82) is 0 Å². The van der Waals surface area contributed by atoms with Crippen molar-refractivity contribution in [2.24, 2.45) is 5.41 Å². The molecule has 0 aromatic heterocycles. The van der Waals surface area contributed by atoms with E-state index in [9.17, 15) is 15.0 Å². The second kappa shape index (κ2) is 6.38. The molecule has 1 atom stereocenters. The number of aliphatic hydroxyl groups is 1. The molecule has 0 spiro atoms. The molecule has 1 aromatic carbocycles. The number of carbonyl (C=O) groups is 1. The quantitative estimate of drug-likeness (QED) is 0.727. The van der Waals surface area contributed by atoms with E-state index in [0.29, 0.717) is 0 Å². The lowest BCUT2D eigenvalue weighted by Gasteiger charge is -2.25. The van der Waals surface area contributed by atoms with Gasteiger partial charge in [0.1, 0.15) is 5.75 Å². The molecule has 0 aliphatic carbocycles. The van der Waals surface area contributed by atoms with E-state index in [1.165, 1.54) is 6.08 Å². The van der Waals surface area contributed by atoms with Gasteiger partial charge in [0.05, 0.1) is 6.10 Å². The predicted molar refractivity (Wildman–Crippen MR) is 75.6 cm³/mol. The zero-order chi connectivity index (χ0) is 14.5. The lowest BCUT2D eigenvalue weighted by molar-refractivity contribution is -0.117. The second-order valence-electron chi connectivity index (χ2n) is 5.56. The van der Waals surface area contributed by atoms with Crippen LogP contribution in [0.2, 0.25) is 0 Å². The van der Waals surface area contributed by atoms with Gasteiger partial charge in [-0.25, -0.2) is 0 Å². The van der Waals surface area contributed by atoms with E-state index in [1.54, 1.807) is 30.3 Å². The molecule has 0 fully saturated rings. The minimum Gasteiger partial charge on any atom is -0.508 e. The van der Waals surface area contributed by atoms with Crippen molar-refractivity contribution in [3.63, 3.8) is 0 Å². The molecule has 0 aliphatic rings. The summed E-state index contributed by atoms with van der Waals surface area (Å²) in [4.78, 5) is 11.6. The molecule has 1 rings (SSSR count). The van der Waals surface area contributed by atoms with Crippen molar-refractivity contribution in [3.8, 4) is 5.75 Å². The van der Waals surface area contributed by atoms with Crippen LogP contribution in [0.25, 0.3) is 6.08 Å². The van der Waals surface area contributed by atoms with E-state index < -0.39 is 6.10 Å². The first kappa shape index (κ1) is 15.2. The predicted octanol–water partition coefficient (Wildman–Crippen LogP) is 1.93. The van der Waals surface area contributed by atoms with E-state index >= 15 is 0 Å². The van der Waals surface area contributed by atoms with E-state index in [-0.39, 0.29) is 23.6 Å². The second-order valence-corrected chi connectivity index (χ2v) is 5.56. The van der Waals surface area contributed by atoms with E-state index in [1.807, 2.05) is 20.8 Å². The van der Waals surface area contributed by atoms with E-state index in [0.717, 1.165) is 5.56 Å². The molecule has 1 aromatic rings. The SMILES string of the molecule is CC(C)(C)[C@@H](O)CNC(=O)/C=C/c1cccc(O)c1. The van der Waals surface area contributed by atoms with Crippen LogP contribution >= 0.6 is 0 Å². The van der Waals surface area contributed by atoms with Crippen LogP contribution in [-0.4, -0.2) is 28.8 Å². The van der Waals surface area contributed by atoms with Gasteiger partial charge >= 0.3 is 0 Å². The highest BCUT2D eigenvalue weighted by molar-refractivity contribution is 5.91. The van der Waals surface area contributed by atoms with E-state index in [2.05, 4.69) is 5.32 Å². The molecule has 0 saturated heterocycles. The normalized spacial score (nSPS) is 13.5. The summed E-state index contributed by atoms with van der Waals surface area (Å²) < 4.78 is 0. The standard InChI is InChI=1S/C15H21NO3/c1-15(2,3)13(18)10-16-14(19)8-7-11-5-4-6-12(17)9-11/h4-9,13,17-18H,10H2,1-3H3,(H,16,19)/b8-7+/t13-/m0/s1. The van der Waals surface area contributed by atoms with Gasteiger partial charge in [-0.2, -0.15) is 0 Å². The Balaban J connectivity index is 2.48. The van der Waals surface area contributed by atoms with Crippen LogP contribution in [0.15, 0.2) is 30.3 Å². The molecule has 104 valence electrons. The Labute approximate surface area is 113 Å². The zero-order valence-electron chi connectivity index (χ0n) is 11.6. The van der Waals surface area contributed by atoms with Gasteiger partial charge in [0.15, 0.2) is 0 Å². The van der Waals surface area contributed by atoms with Gasteiger partial charge in [0.2, 0.25) is 5.91 Å². The zero-order valence-corrected chi connectivity index (χ0v) is 11.6. The maximum Gasteiger partial charge on any atom is 0.244 e. The molecule has 1 amide bonds. The fourth-order valence-corrected chi connectivity index (χ4v) is 1.36. The maximum atomic E-state index is 11.6. The first-order valence-corrected chi connectivity index (χ1v) is 6.22. The van der Waals surface area contributed by atoms with Crippen LogP contribution < -0.4 is 5.32 Å². The highest BCUT2D eigenvalue weighted by atomic mass is 16.3. The van der Waals surface area contributed by atoms with Gasteiger partial charge in [0.25, 0.3) is 0 Å². The number of nitrogens with one attached hydrogen (secondary N) is 1. The Morgan fingerprint density at radius 1 is 1.42 bits per heavy atom. The lowest BCUT2D eigenvalue weighted by Crippen LogP contribution is -2.38. The monoisotopic (exact) mass is 263 g/mol. The Morgan fingerprint density at radius 3 is 2.68 bits per heavy atom. The summed E-state index contributed by atoms with van der Waals surface area (Å²) in [6.07, 6.45) is 2.40. The third kappa shape index (κ3) is 5.57. The van der Waals surface area contributed by atoms with Gasteiger partial charge in [-0.05, 0) is 29.2 Å². The minimum atomic E-state index is -0.592. The summed E-state index contributed by atoms with van der Waals surface area (Å²) in [6, 6.07) is 6.62. The number of carbonyl (C=O) groups excluding carboxylic acids is 1.